The van der Waals surface area contributed by atoms with Gasteiger partial charge in [0.25, 0.3) is 0 Å². The van der Waals surface area contributed by atoms with E-state index in [2.05, 4.69) is 27.9 Å². The monoisotopic (exact) mass is 284 g/mol. The summed E-state index contributed by atoms with van der Waals surface area (Å²) < 4.78 is 7.70. The summed E-state index contributed by atoms with van der Waals surface area (Å²) in [6, 6.07) is 8.30. The van der Waals surface area contributed by atoms with E-state index in [-0.39, 0.29) is 12.1 Å². The van der Waals surface area contributed by atoms with Gasteiger partial charge in [-0.1, -0.05) is 12.1 Å². The quantitative estimate of drug-likeness (QED) is 0.798. The minimum atomic E-state index is 0.0357. The summed E-state index contributed by atoms with van der Waals surface area (Å²) in [7, 11) is 2.04. The second-order valence-electron chi connectivity index (χ2n) is 5.44. The maximum atomic E-state index is 5.57. The van der Waals surface area contributed by atoms with Crippen molar-refractivity contribution in [2.45, 2.75) is 32.9 Å². The third kappa shape index (κ3) is 2.56. The van der Waals surface area contributed by atoms with Crippen LogP contribution < -0.4 is 5.32 Å². The molecule has 1 aromatic carbocycles. The highest BCUT2D eigenvalue weighted by atomic mass is 16.4. The van der Waals surface area contributed by atoms with Crippen molar-refractivity contribution in [3.63, 3.8) is 0 Å². The highest BCUT2D eigenvalue weighted by Crippen LogP contribution is 2.22. The highest BCUT2D eigenvalue weighted by molar-refractivity contribution is 5.75. The minimum Gasteiger partial charge on any atom is -0.444 e. The molecule has 3 rings (SSSR count). The van der Waals surface area contributed by atoms with Crippen molar-refractivity contribution < 1.29 is 4.42 Å². The molecule has 0 radical (unpaired) electrons. The summed E-state index contributed by atoms with van der Waals surface area (Å²) in [5, 5.41) is 3.49. The molecule has 0 aliphatic carbocycles. The maximum Gasteiger partial charge on any atom is 0.211 e. The molecule has 0 spiro atoms. The first-order valence-corrected chi connectivity index (χ1v) is 7.16. The molecule has 1 N–H and O–H groups in total. The van der Waals surface area contributed by atoms with Gasteiger partial charge in [-0.2, -0.15) is 0 Å². The molecular weight excluding hydrogens is 264 g/mol. The van der Waals surface area contributed by atoms with Crippen molar-refractivity contribution in [2.75, 3.05) is 0 Å². The van der Waals surface area contributed by atoms with Crippen LogP contribution in [-0.4, -0.2) is 14.5 Å². The van der Waals surface area contributed by atoms with E-state index in [1.165, 1.54) is 0 Å². The number of para-hydroxylation sites is 2. The Morgan fingerprint density at radius 3 is 2.62 bits per heavy atom. The highest BCUT2D eigenvalue weighted by Gasteiger charge is 2.19. The van der Waals surface area contributed by atoms with Crippen LogP contribution in [0.15, 0.2) is 34.9 Å². The van der Waals surface area contributed by atoms with Gasteiger partial charge in [0.1, 0.15) is 11.6 Å². The third-order valence-corrected chi connectivity index (χ3v) is 3.72. The molecule has 2 atom stereocenters. The lowest BCUT2D eigenvalue weighted by Crippen LogP contribution is -2.24. The van der Waals surface area contributed by atoms with Gasteiger partial charge in [0.15, 0.2) is 0 Å². The van der Waals surface area contributed by atoms with Crippen molar-refractivity contribution in [2.24, 2.45) is 7.05 Å². The Balaban J connectivity index is 1.83. The van der Waals surface area contributed by atoms with Gasteiger partial charge in [0.05, 0.1) is 29.3 Å². The number of rotatable bonds is 4. The van der Waals surface area contributed by atoms with Gasteiger partial charge in [0.2, 0.25) is 5.89 Å². The zero-order valence-corrected chi connectivity index (χ0v) is 12.8. The zero-order chi connectivity index (χ0) is 15.0. The Kier molecular flexibility index (Phi) is 3.51. The number of imidazole rings is 1. The van der Waals surface area contributed by atoms with Crippen LogP contribution in [0.2, 0.25) is 0 Å². The van der Waals surface area contributed by atoms with Crippen molar-refractivity contribution in [3.05, 3.63) is 47.9 Å². The van der Waals surface area contributed by atoms with Gasteiger partial charge in [-0.15, -0.1) is 0 Å². The Bertz CT molecular complexity index is 759. The maximum absolute atomic E-state index is 5.57. The summed E-state index contributed by atoms with van der Waals surface area (Å²) >= 11 is 0. The van der Waals surface area contributed by atoms with Crippen LogP contribution >= 0.6 is 0 Å². The molecule has 0 saturated heterocycles. The summed E-state index contributed by atoms with van der Waals surface area (Å²) in [6.45, 7) is 6.05. The molecule has 110 valence electrons. The number of oxazole rings is 1. The molecule has 0 bridgehead atoms. The molecule has 5 nitrogen and oxygen atoms in total. The van der Waals surface area contributed by atoms with Crippen molar-refractivity contribution >= 4 is 11.0 Å². The Labute approximate surface area is 124 Å². The summed E-state index contributed by atoms with van der Waals surface area (Å²) in [5.74, 6) is 2.54. The van der Waals surface area contributed by atoms with Crippen LogP contribution in [0.25, 0.3) is 11.0 Å². The number of aromatic nitrogens is 3. The Hall–Kier alpha value is -2.14. The predicted octanol–water partition coefficient (Wildman–Crippen LogP) is 3.28. The Morgan fingerprint density at radius 2 is 1.95 bits per heavy atom. The van der Waals surface area contributed by atoms with E-state index in [1.807, 2.05) is 39.1 Å². The summed E-state index contributed by atoms with van der Waals surface area (Å²) in [5.41, 5.74) is 2.16. The first-order chi connectivity index (χ1) is 10.1. The number of nitrogens with zero attached hydrogens (tertiary/aromatic N) is 3. The normalized spacial score (nSPS) is 14.5. The predicted molar refractivity (Wildman–Crippen MR) is 81.9 cm³/mol. The van der Waals surface area contributed by atoms with Gasteiger partial charge < -0.3 is 8.98 Å². The van der Waals surface area contributed by atoms with Gasteiger partial charge in [-0.25, -0.2) is 9.97 Å². The Morgan fingerprint density at radius 1 is 1.19 bits per heavy atom. The number of aryl methyl sites for hydroxylation is 2. The van der Waals surface area contributed by atoms with Crippen LogP contribution in [0.3, 0.4) is 0 Å². The molecule has 21 heavy (non-hydrogen) atoms. The fourth-order valence-electron chi connectivity index (χ4n) is 2.64. The van der Waals surface area contributed by atoms with Crippen molar-refractivity contribution in [3.8, 4) is 0 Å². The molecule has 2 heterocycles. The second-order valence-corrected chi connectivity index (χ2v) is 5.44. The van der Waals surface area contributed by atoms with Crippen molar-refractivity contribution in [1.29, 1.82) is 0 Å². The summed E-state index contributed by atoms with van der Waals surface area (Å²) in [6.07, 6.45) is 1.74. The molecule has 3 aromatic rings. The van der Waals surface area contributed by atoms with E-state index in [1.54, 1.807) is 6.20 Å². The molecular formula is C16H20N4O. The number of fused-ring (bicyclic) bond motifs is 1. The van der Waals surface area contributed by atoms with Crippen LogP contribution in [-0.2, 0) is 7.05 Å². The molecule has 0 fully saturated rings. The number of hydrogen-bond acceptors (Lipinski definition) is 4. The van der Waals surface area contributed by atoms with E-state index in [9.17, 15) is 0 Å². The number of hydrogen-bond donors (Lipinski definition) is 1. The average Bonchev–Trinajstić information content (AvgIpc) is 3.04. The van der Waals surface area contributed by atoms with Crippen LogP contribution in [0.4, 0.5) is 0 Å². The van der Waals surface area contributed by atoms with Crippen LogP contribution in [0, 0.1) is 6.92 Å². The number of nitrogens with one attached hydrogen (secondary N) is 1. The molecule has 2 unspecified atom stereocenters. The van der Waals surface area contributed by atoms with E-state index in [0.29, 0.717) is 5.89 Å². The smallest absolute Gasteiger partial charge is 0.211 e. The molecule has 0 amide bonds. The van der Waals surface area contributed by atoms with Gasteiger partial charge in [0, 0.05) is 7.05 Å². The SMILES string of the molecule is Cc1cnc(C(C)NC(C)c2nc3ccccc3n2C)o1. The van der Waals surface area contributed by atoms with E-state index < -0.39 is 0 Å². The summed E-state index contributed by atoms with van der Waals surface area (Å²) in [4.78, 5) is 8.98. The second kappa shape index (κ2) is 5.33. The van der Waals surface area contributed by atoms with Crippen LogP contribution in [0.1, 0.15) is 43.4 Å². The largest absolute Gasteiger partial charge is 0.444 e. The average molecular weight is 284 g/mol. The number of benzene rings is 1. The van der Waals surface area contributed by atoms with Crippen LogP contribution in [0.5, 0.6) is 0 Å². The fraction of sp³-hybridized carbons (Fsp3) is 0.375. The van der Waals surface area contributed by atoms with Gasteiger partial charge in [-0.3, -0.25) is 5.32 Å². The van der Waals surface area contributed by atoms with E-state index in [0.717, 1.165) is 22.6 Å². The topological polar surface area (TPSA) is 55.9 Å². The van der Waals surface area contributed by atoms with Crippen molar-refractivity contribution in [1.82, 2.24) is 19.9 Å². The molecule has 0 aliphatic heterocycles. The zero-order valence-electron chi connectivity index (χ0n) is 12.8. The first-order valence-electron chi connectivity index (χ1n) is 7.16. The van der Waals surface area contributed by atoms with Gasteiger partial charge >= 0.3 is 0 Å². The van der Waals surface area contributed by atoms with Gasteiger partial charge in [-0.05, 0) is 32.9 Å². The molecule has 5 heteroatoms. The molecule has 0 saturated carbocycles. The fourth-order valence-corrected chi connectivity index (χ4v) is 2.64. The lowest BCUT2D eigenvalue weighted by molar-refractivity contribution is 0.373. The van der Waals surface area contributed by atoms with E-state index >= 15 is 0 Å². The standard InChI is InChI=1S/C16H20N4O/c1-10-9-17-16(21-10)12(3)18-11(2)15-19-13-7-5-6-8-14(13)20(15)4/h5-9,11-12,18H,1-4H3. The van der Waals surface area contributed by atoms with E-state index in [4.69, 9.17) is 9.40 Å². The minimum absolute atomic E-state index is 0.0357. The lowest BCUT2D eigenvalue weighted by Gasteiger charge is -2.17. The lowest BCUT2D eigenvalue weighted by atomic mass is 10.2. The molecule has 2 aromatic heterocycles. The first kappa shape index (κ1) is 13.8. The molecule has 0 aliphatic rings. The third-order valence-electron chi connectivity index (χ3n) is 3.72.